The molecule has 6 heteroatoms. The van der Waals surface area contributed by atoms with Gasteiger partial charge in [0.1, 0.15) is 0 Å². The van der Waals surface area contributed by atoms with E-state index in [0.717, 1.165) is 38.5 Å². The molecule has 0 aromatic heterocycles. The first-order chi connectivity index (χ1) is 18.1. The summed E-state index contributed by atoms with van der Waals surface area (Å²) in [4.78, 5) is 24.4. The molecule has 1 aromatic rings. The van der Waals surface area contributed by atoms with Crippen molar-refractivity contribution in [1.29, 1.82) is 0 Å². The van der Waals surface area contributed by atoms with E-state index in [0.29, 0.717) is 53.2 Å². The van der Waals surface area contributed by atoms with Crippen molar-refractivity contribution in [2.45, 2.75) is 97.2 Å². The predicted molar refractivity (Wildman–Crippen MR) is 147 cm³/mol. The molecule has 38 heavy (non-hydrogen) atoms. The smallest absolute Gasteiger partial charge is 0.337 e. The second kappa shape index (κ2) is 10.6. The molecule has 10 atom stereocenters. The number of benzene rings is 1. The van der Waals surface area contributed by atoms with E-state index < -0.39 is 5.97 Å². The summed E-state index contributed by atoms with van der Waals surface area (Å²) in [6.07, 6.45) is 9.43. The van der Waals surface area contributed by atoms with E-state index in [1.54, 1.807) is 24.3 Å². The summed E-state index contributed by atoms with van der Waals surface area (Å²) in [5.74, 6) is 2.76. The maximum absolute atomic E-state index is 12.7. The number of rotatable bonds is 6. The second-order valence-electron chi connectivity index (χ2n) is 13.5. The van der Waals surface area contributed by atoms with Crippen LogP contribution >= 0.6 is 0 Å². The van der Waals surface area contributed by atoms with Crippen molar-refractivity contribution in [3.05, 3.63) is 29.8 Å². The summed E-state index contributed by atoms with van der Waals surface area (Å²) in [5, 5.41) is 25.0. The molecule has 1 aromatic carbocycles. The van der Waals surface area contributed by atoms with E-state index >= 15 is 0 Å². The molecule has 210 valence electrons. The van der Waals surface area contributed by atoms with Crippen LogP contribution in [0.15, 0.2) is 24.3 Å². The van der Waals surface area contributed by atoms with Gasteiger partial charge in [-0.3, -0.25) is 4.79 Å². The van der Waals surface area contributed by atoms with Gasteiger partial charge >= 0.3 is 5.97 Å². The lowest BCUT2D eigenvalue weighted by molar-refractivity contribution is -0.174. The summed E-state index contributed by atoms with van der Waals surface area (Å²) in [5.41, 5.74) is 1.30. The Labute approximate surface area is 227 Å². The quantitative estimate of drug-likeness (QED) is 0.407. The molecule has 0 heterocycles. The van der Waals surface area contributed by atoms with Crippen molar-refractivity contribution in [3.8, 4) is 0 Å². The molecule has 4 aliphatic carbocycles. The van der Waals surface area contributed by atoms with Gasteiger partial charge in [0.15, 0.2) is 0 Å². The standard InChI is InChI=1S/C32H47NO5/c1-19(5-14-29(36)33-22-9-6-20(7-10-22)30(37)38-4)25-12-13-26-24-11-8-21-17-23(34)15-16-31(21,2)27(24)18-28(35)32(25,26)3/h6-7,9-10,19,21,23-28,34-35H,5,8,11-18H2,1-4H3,(H,33,36)/t19-,21-,23-,24+,25-,26+,27+,28+,31+,32-/m1/s1. The SMILES string of the molecule is COC(=O)c1ccc(NC(=O)CC[C@@H](C)[C@H]2CC[C@H]3[C@@H]4CC[C@@H]5C[C@H](O)CC[C@]5(C)[C@H]4C[C@H](O)[C@]23C)cc1. The molecular formula is C32H47NO5. The van der Waals surface area contributed by atoms with Crippen LogP contribution in [0.5, 0.6) is 0 Å². The van der Waals surface area contributed by atoms with Gasteiger partial charge in [0, 0.05) is 12.1 Å². The molecule has 0 aliphatic heterocycles. The van der Waals surface area contributed by atoms with Crippen LogP contribution < -0.4 is 5.32 Å². The number of aliphatic hydroxyl groups is 2. The highest BCUT2D eigenvalue weighted by Gasteiger charge is 2.63. The van der Waals surface area contributed by atoms with Gasteiger partial charge in [0.05, 0.1) is 24.9 Å². The Morgan fingerprint density at radius 2 is 1.76 bits per heavy atom. The first kappa shape index (κ1) is 27.6. The minimum Gasteiger partial charge on any atom is -0.465 e. The average molecular weight is 526 g/mol. The number of methoxy groups -OCH3 is 1. The van der Waals surface area contributed by atoms with Crippen molar-refractivity contribution in [2.24, 2.45) is 46.3 Å². The lowest BCUT2D eigenvalue weighted by atomic mass is 9.43. The molecule has 5 rings (SSSR count). The predicted octanol–water partition coefficient (Wildman–Crippen LogP) is 5.82. The Morgan fingerprint density at radius 1 is 1.03 bits per heavy atom. The number of nitrogens with one attached hydrogen (secondary N) is 1. The van der Waals surface area contributed by atoms with Gasteiger partial charge in [-0.05, 0) is 128 Å². The lowest BCUT2D eigenvalue weighted by Crippen LogP contribution is -2.58. The van der Waals surface area contributed by atoms with Gasteiger partial charge in [-0.25, -0.2) is 4.79 Å². The third kappa shape index (κ3) is 4.70. The average Bonchev–Trinajstić information content (AvgIpc) is 3.27. The number of carbonyl (C=O) groups excluding carboxylic acids is 2. The first-order valence-corrected chi connectivity index (χ1v) is 14.9. The van der Waals surface area contributed by atoms with Crippen LogP contribution in [-0.4, -0.2) is 41.4 Å². The molecule has 0 unspecified atom stereocenters. The third-order valence-corrected chi connectivity index (χ3v) is 11.9. The Bertz CT molecular complexity index is 1030. The Balaban J connectivity index is 1.21. The van der Waals surface area contributed by atoms with Crippen LogP contribution in [0.4, 0.5) is 5.69 Å². The summed E-state index contributed by atoms with van der Waals surface area (Å²) in [6.45, 7) is 7.09. The zero-order valence-corrected chi connectivity index (χ0v) is 23.6. The van der Waals surface area contributed by atoms with E-state index in [4.69, 9.17) is 4.74 Å². The van der Waals surface area contributed by atoms with Crippen LogP contribution in [0.25, 0.3) is 0 Å². The maximum atomic E-state index is 12.7. The van der Waals surface area contributed by atoms with E-state index in [-0.39, 0.29) is 28.9 Å². The minimum atomic E-state index is -0.393. The summed E-state index contributed by atoms with van der Waals surface area (Å²) in [7, 11) is 1.35. The highest BCUT2D eigenvalue weighted by molar-refractivity contribution is 5.93. The summed E-state index contributed by atoms with van der Waals surface area (Å²) in [6, 6.07) is 6.77. The number of anilines is 1. The van der Waals surface area contributed by atoms with Crippen LogP contribution in [-0.2, 0) is 9.53 Å². The molecule has 0 saturated heterocycles. The highest BCUT2D eigenvalue weighted by atomic mass is 16.5. The number of fused-ring (bicyclic) bond motifs is 5. The zero-order valence-electron chi connectivity index (χ0n) is 23.6. The number of ether oxygens (including phenoxy) is 1. The molecule has 6 nitrogen and oxygen atoms in total. The molecule has 0 bridgehead atoms. The van der Waals surface area contributed by atoms with Crippen molar-refractivity contribution >= 4 is 17.6 Å². The maximum Gasteiger partial charge on any atom is 0.337 e. The second-order valence-corrected chi connectivity index (χ2v) is 13.5. The molecule has 3 N–H and O–H groups in total. The van der Waals surface area contributed by atoms with Crippen molar-refractivity contribution in [1.82, 2.24) is 0 Å². The van der Waals surface area contributed by atoms with E-state index in [1.807, 2.05) is 0 Å². The molecule has 0 spiro atoms. The molecule has 4 saturated carbocycles. The van der Waals surface area contributed by atoms with Gasteiger partial charge in [-0.1, -0.05) is 20.8 Å². The molecule has 0 radical (unpaired) electrons. The number of amides is 1. The fourth-order valence-corrected chi connectivity index (χ4v) is 9.75. The minimum absolute atomic E-state index is 0.0163. The summed E-state index contributed by atoms with van der Waals surface area (Å²) < 4.78 is 4.73. The fourth-order valence-electron chi connectivity index (χ4n) is 9.75. The molecule has 1 amide bonds. The van der Waals surface area contributed by atoms with Gasteiger partial charge in [0.2, 0.25) is 5.91 Å². The Morgan fingerprint density at radius 3 is 2.47 bits per heavy atom. The van der Waals surface area contributed by atoms with Gasteiger partial charge < -0.3 is 20.3 Å². The van der Waals surface area contributed by atoms with Crippen LogP contribution in [0.3, 0.4) is 0 Å². The molecule has 4 aliphatic rings. The largest absolute Gasteiger partial charge is 0.465 e. The zero-order chi connectivity index (χ0) is 27.2. The van der Waals surface area contributed by atoms with Crippen LogP contribution in [0.2, 0.25) is 0 Å². The van der Waals surface area contributed by atoms with Crippen molar-refractivity contribution < 1.29 is 24.5 Å². The molecular weight excluding hydrogens is 478 g/mol. The first-order valence-electron chi connectivity index (χ1n) is 14.9. The van der Waals surface area contributed by atoms with Gasteiger partial charge in [-0.2, -0.15) is 0 Å². The van der Waals surface area contributed by atoms with E-state index in [2.05, 4.69) is 26.1 Å². The van der Waals surface area contributed by atoms with Gasteiger partial charge in [-0.15, -0.1) is 0 Å². The molecule has 4 fully saturated rings. The van der Waals surface area contributed by atoms with Crippen LogP contribution in [0, 0.1) is 46.3 Å². The Kier molecular flexibility index (Phi) is 7.69. The number of hydrogen-bond acceptors (Lipinski definition) is 5. The van der Waals surface area contributed by atoms with Gasteiger partial charge in [0.25, 0.3) is 0 Å². The fraction of sp³-hybridized carbons (Fsp3) is 0.750. The summed E-state index contributed by atoms with van der Waals surface area (Å²) >= 11 is 0. The topological polar surface area (TPSA) is 95.9 Å². The number of hydrogen-bond donors (Lipinski definition) is 3. The lowest BCUT2D eigenvalue weighted by Gasteiger charge is -2.62. The van der Waals surface area contributed by atoms with Crippen molar-refractivity contribution in [3.63, 3.8) is 0 Å². The highest BCUT2D eigenvalue weighted by Crippen LogP contribution is 2.68. The number of aliphatic hydroxyl groups excluding tert-OH is 2. The normalized spacial score (nSPS) is 40.8. The third-order valence-electron chi connectivity index (χ3n) is 11.9. The van der Waals surface area contributed by atoms with Crippen LogP contribution in [0.1, 0.15) is 95.3 Å². The number of carbonyl (C=O) groups is 2. The monoisotopic (exact) mass is 525 g/mol. The number of esters is 1. The van der Waals surface area contributed by atoms with Crippen molar-refractivity contribution in [2.75, 3.05) is 12.4 Å². The Hall–Kier alpha value is -1.92. The van der Waals surface area contributed by atoms with E-state index in [1.165, 1.54) is 26.4 Å². The van der Waals surface area contributed by atoms with E-state index in [9.17, 15) is 19.8 Å².